The zero-order valence-electron chi connectivity index (χ0n) is 11.0. The quantitative estimate of drug-likeness (QED) is 0.837. The van der Waals surface area contributed by atoms with Crippen molar-refractivity contribution in [2.45, 2.75) is 24.0 Å². The average Bonchev–Trinajstić information content (AvgIpc) is 2.38. The van der Waals surface area contributed by atoms with E-state index in [0.717, 1.165) is 16.2 Å². The first kappa shape index (κ1) is 14.1. The maximum atomic E-state index is 13.2. The molecular weight excluding hydrogens is 257 g/mol. The number of nitrogens with two attached hydrogens (primary N) is 1. The summed E-state index contributed by atoms with van der Waals surface area (Å²) < 4.78 is 13.2. The van der Waals surface area contributed by atoms with Crippen LogP contribution < -0.4 is 5.73 Å². The summed E-state index contributed by atoms with van der Waals surface area (Å²) in [4.78, 5) is 1.12. The van der Waals surface area contributed by atoms with Crippen LogP contribution in [0.15, 0.2) is 47.4 Å². The molecule has 3 heteroatoms. The second-order valence-corrected chi connectivity index (χ2v) is 5.59. The highest BCUT2D eigenvalue weighted by Crippen LogP contribution is 2.27. The van der Waals surface area contributed by atoms with Gasteiger partial charge in [0, 0.05) is 10.6 Å². The van der Waals surface area contributed by atoms with Crippen LogP contribution in [-0.4, -0.2) is 6.54 Å². The fourth-order valence-electron chi connectivity index (χ4n) is 2.00. The van der Waals surface area contributed by atoms with Crippen molar-refractivity contribution in [3.05, 3.63) is 65.0 Å². The van der Waals surface area contributed by atoms with E-state index in [1.165, 1.54) is 17.2 Å². The summed E-state index contributed by atoms with van der Waals surface area (Å²) in [5, 5.41) is 0. The summed E-state index contributed by atoms with van der Waals surface area (Å²) >= 11 is 1.74. The van der Waals surface area contributed by atoms with Gasteiger partial charge in [-0.05, 0) is 49.2 Å². The smallest absolute Gasteiger partial charge is 0.123 e. The number of benzene rings is 2. The molecule has 100 valence electrons. The number of halogens is 1. The molecule has 0 saturated carbocycles. The van der Waals surface area contributed by atoms with Crippen molar-refractivity contribution >= 4 is 11.8 Å². The summed E-state index contributed by atoms with van der Waals surface area (Å²) in [7, 11) is 0. The Labute approximate surface area is 118 Å². The summed E-state index contributed by atoms with van der Waals surface area (Å²) in [6, 6.07) is 13.4. The van der Waals surface area contributed by atoms with Gasteiger partial charge in [0.1, 0.15) is 5.82 Å². The van der Waals surface area contributed by atoms with Gasteiger partial charge in [-0.1, -0.05) is 29.8 Å². The third-order valence-corrected chi connectivity index (χ3v) is 4.10. The van der Waals surface area contributed by atoms with E-state index in [1.54, 1.807) is 17.8 Å². The van der Waals surface area contributed by atoms with Crippen molar-refractivity contribution in [1.29, 1.82) is 0 Å². The van der Waals surface area contributed by atoms with Crippen LogP contribution >= 0.6 is 11.8 Å². The van der Waals surface area contributed by atoms with Crippen molar-refractivity contribution in [3.8, 4) is 0 Å². The standard InChI is InChI=1S/C16H18FNS/c1-12-3-2-4-13(9-12)11-19-16-6-5-15(17)10-14(16)7-8-18/h2-6,9-10H,7-8,11,18H2,1H3. The van der Waals surface area contributed by atoms with Gasteiger partial charge in [-0.15, -0.1) is 11.8 Å². The number of rotatable bonds is 5. The first-order valence-electron chi connectivity index (χ1n) is 6.36. The van der Waals surface area contributed by atoms with Gasteiger partial charge in [-0.3, -0.25) is 0 Å². The maximum absolute atomic E-state index is 13.2. The van der Waals surface area contributed by atoms with Gasteiger partial charge in [0.25, 0.3) is 0 Å². The number of hydrogen-bond acceptors (Lipinski definition) is 2. The van der Waals surface area contributed by atoms with Crippen molar-refractivity contribution < 1.29 is 4.39 Å². The zero-order valence-corrected chi connectivity index (χ0v) is 11.8. The van der Waals surface area contributed by atoms with Crippen LogP contribution in [0.4, 0.5) is 4.39 Å². The lowest BCUT2D eigenvalue weighted by Crippen LogP contribution is -2.04. The van der Waals surface area contributed by atoms with Crippen LogP contribution in [-0.2, 0) is 12.2 Å². The summed E-state index contributed by atoms with van der Waals surface area (Å²) in [6.07, 6.45) is 0.716. The number of thioether (sulfide) groups is 1. The fourth-order valence-corrected chi connectivity index (χ4v) is 3.02. The molecule has 19 heavy (non-hydrogen) atoms. The van der Waals surface area contributed by atoms with Gasteiger partial charge in [0.05, 0.1) is 0 Å². The molecule has 2 rings (SSSR count). The number of aryl methyl sites for hydroxylation is 1. The van der Waals surface area contributed by atoms with E-state index in [1.807, 2.05) is 6.07 Å². The van der Waals surface area contributed by atoms with Gasteiger partial charge >= 0.3 is 0 Å². The minimum absolute atomic E-state index is 0.191. The summed E-state index contributed by atoms with van der Waals surface area (Å²) in [6.45, 7) is 2.63. The Hall–Kier alpha value is -1.32. The molecule has 0 aliphatic rings. The molecule has 2 N–H and O–H groups in total. The lowest BCUT2D eigenvalue weighted by molar-refractivity contribution is 0.623. The largest absolute Gasteiger partial charge is 0.330 e. The third kappa shape index (κ3) is 4.08. The van der Waals surface area contributed by atoms with E-state index in [9.17, 15) is 4.39 Å². The average molecular weight is 275 g/mol. The fraction of sp³-hybridized carbons (Fsp3) is 0.250. The molecule has 1 nitrogen and oxygen atoms in total. The molecule has 0 amide bonds. The molecule has 0 unspecified atom stereocenters. The van der Waals surface area contributed by atoms with Gasteiger partial charge in [-0.25, -0.2) is 4.39 Å². The van der Waals surface area contributed by atoms with Crippen molar-refractivity contribution in [2.24, 2.45) is 5.73 Å². The van der Waals surface area contributed by atoms with Crippen LogP contribution in [0.3, 0.4) is 0 Å². The highest BCUT2D eigenvalue weighted by molar-refractivity contribution is 7.98. The lowest BCUT2D eigenvalue weighted by atomic mass is 10.1. The monoisotopic (exact) mass is 275 g/mol. The molecule has 0 aliphatic heterocycles. The minimum atomic E-state index is -0.191. The predicted octanol–water partition coefficient (Wildman–Crippen LogP) is 3.93. The molecule has 0 atom stereocenters. The van der Waals surface area contributed by atoms with Crippen molar-refractivity contribution in [2.75, 3.05) is 6.54 Å². The molecule has 2 aromatic carbocycles. The Morgan fingerprint density at radius 1 is 1.16 bits per heavy atom. The minimum Gasteiger partial charge on any atom is -0.330 e. The Kier molecular flexibility index (Phi) is 5.00. The van der Waals surface area contributed by atoms with Crippen LogP contribution in [0.5, 0.6) is 0 Å². The second kappa shape index (κ2) is 6.73. The van der Waals surface area contributed by atoms with Gasteiger partial charge in [-0.2, -0.15) is 0 Å². The molecule has 0 bridgehead atoms. The Morgan fingerprint density at radius 2 is 2.00 bits per heavy atom. The van der Waals surface area contributed by atoms with E-state index in [0.29, 0.717) is 13.0 Å². The molecule has 0 saturated heterocycles. The van der Waals surface area contributed by atoms with Gasteiger partial charge in [0.2, 0.25) is 0 Å². The Morgan fingerprint density at radius 3 is 2.74 bits per heavy atom. The van der Waals surface area contributed by atoms with Gasteiger partial charge < -0.3 is 5.73 Å². The number of hydrogen-bond donors (Lipinski definition) is 1. The van der Waals surface area contributed by atoms with E-state index in [2.05, 4.69) is 31.2 Å². The normalized spacial score (nSPS) is 10.7. The van der Waals surface area contributed by atoms with E-state index < -0.39 is 0 Å². The van der Waals surface area contributed by atoms with E-state index in [-0.39, 0.29) is 5.82 Å². The molecule has 0 aliphatic carbocycles. The molecule has 2 aromatic rings. The lowest BCUT2D eigenvalue weighted by Gasteiger charge is -2.09. The van der Waals surface area contributed by atoms with Crippen molar-refractivity contribution in [1.82, 2.24) is 0 Å². The van der Waals surface area contributed by atoms with Crippen LogP contribution in [0.25, 0.3) is 0 Å². The topological polar surface area (TPSA) is 26.0 Å². The second-order valence-electron chi connectivity index (χ2n) is 4.57. The molecular formula is C16H18FNS. The Balaban J connectivity index is 2.10. The summed E-state index contributed by atoms with van der Waals surface area (Å²) in [5.74, 6) is 0.702. The molecule has 0 radical (unpaired) electrons. The first-order chi connectivity index (χ1) is 9.19. The molecule has 0 heterocycles. The third-order valence-electron chi connectivity index (χ3n) is 2.91. The highest BCUT2D eigenvalue weighted by atomic mass is 32.2. The molecule has 0 spiro atoms. The molecule has 0 fully saturated rings. The van der Waals surface area contributed by atoms with E-state index >= 15 is 0 Å². The van der Waals surface area contributed by atoms with Crippen LogP contribution in [0.1, 0.15) is 16.7 Å². The molecule has 0 aromatic heterocycles. The summed E-state index contributed by atoms with van der Waals surface area (Å²) in [5.41, 5.74) is 9.12. The maximum Gasteiger partial charge on any atom is 0.123 e. The zero-order chi connectivity index (χ0) is 13.7. The van der Waals surface area contributed by atoms with Crippen molar-refractivity contribution in [3.63, 3.8) is 0 Å². The highest BCUT2D eigenvalue weighted by Gasteiger charge is 2.05. The SMILES string of the molecule is Cc1cccc(CSc2ccc(F)cc2CCN)c1. The van der Waals surface area contributed by atoms with Gasteiger partial charge in [0.15, 0.2) is 0 Å². The Bertz CT molecular complexity index is 554. The van der Waals surface area contributed by atoms with E-state index in [4.69, 9.17) is 5.73 Å². The van der Waals surface area contributed by atoms with Crippen LogP contribution in [0, 0.1) is 12.7 Å². The predicted molar refractivity (Wildman–Crippen MR) is 79.9 cm³/mol. The first-order valence-corrected chi connectivity index (χ1v) is 7.34. The van der Waals surface area contributed by atoms with Crippen LogP contribution in [0.2, 0.25) is 0 Å².